The van der Waals surface area contributed by atoms with Gasteiger partial charge in [-0.2, -0.15) is 5.10 Å². The molecule has 3 amide bonds. The minimum atomic E-state index is -0.859. The molecule has 0 aliphatic carbocycles. The Hall–Kier alpha value is -3.68. The summed E-state index contributed by atoms with van der Waals surface area (Å²) in [5.74, 6) is -1.49. The zero-order valence-corrected chi connectivity index (χ0v) is 18.2. The van der Waals surface area contributed by atoms with Crippen molar-refractivity contribution in [2.24, 2.45) is 5.10 Å². The number of para-hydroxylation sites is 1. The van der Waals surface area contributed by atoms with Crippen molar-refractivity contribution in [3.8, 4) is 5.75 Å². The Bertz CT molecular complexity index is 952. The lowest BCUT2D eigenvalue weighted by Crippen LogP contribution is -2.41. The minimum absolute atomic E-state index is 0.105. The molecule has 0 unspecified atom stereocenters. The number of nitrogens with zero attached hydrogens (tertiary/aromatic N) is 1. The van der Waals surface area contributed by atoms with Gasteiger partial charge in [0.15, 0.2) is 6.61 Å². The van der Waals surface area contributed by atoms with E-state index in [0.29, 0.717) is 23.4 Å². The molecule has 3 N–H and O–H groups in total. The summed E-state index contributed by atoms with van der Waals surface area (Å²) >= 11 is 0. The Morgan fingerprint density at radius 3 is 2.42 bits per heavy atom. The summed E-state index contributed by atoms with van der Waals surface area (Å²) in [6.45, 7) is 7.43. The maximum absolute atomic E-state index is 12.2. The number of hydrogen-bond acceptors (Lipinski definition) is 5. The van der Waals surface area contributed by atoms with E-state index >= 15 is 0 Å². The zero-order chi connectivity index (χ0) is 22.8. The van der Waals surface area contributed by atoms with E-state index in [4.69, 9.17) is 4.74 Å². The van der Waals surface area contributed by atoms with Crippen molar-refractivity contribution < 1.29 is 19.1 Å². The molecule has 0 bridgehead atoms. The first-order valence-corrected chi connectivity index (χ1v) is 10.0. The molecule has 0 saturated carbocycles. The third kappa shape index (κ3) is 7.93. The second-order valence-electron chi connectivity index (χ2n) is 7.23. The molecular formula is C23H28N4O4. The van der Waals surface area contributed by atoms with Gasteiger partial charge in [0, 0.05) is 17.3 Å². The summed E-state index contributed by atoms with van der Waals surface area (Å²) in [5, 5.41) is 9.16. The number of benzene rings is 2. The molecule has 2 aromatic carbocycles. The Kier molecular flexibility index (Phi) is 8.75. The summed E-state index contributed by atoms with van der Waals surface area (Å²) in [6, 6.07) is 12.6. The Balaban J connectivity index is 1.92. The van der Waals surface area contributed by atoms with Crippen LogP contribution in [-0.2, 0) is 14.4 Å². The standard InChI is InChI=1S/C23H28N4O4/c1-5-17(4)25-22(29)23(30)27-24-13-18-8-6-7-9-20(18)31-14-21(28)26-19-11-15(2)10-16(3)12-19/h6-13,17H,5,14H2,1-4H3,(H,25,29)(H,26,28)(H,27,30)/b24-13-/t17-/m0/s1. The van der Waals surface area contributed by atoms with E-state index in [1.165, 1.54) is 6.21 Å². The van der Waals surface area contributed by atoms with Crippen LogP contribution in [0.1, 0.15) is 37.0 Å². The van der Waals surface area contributed by atoms with Gasteiger partial charge in [-0.3, -0.25) is 14.4 Å². The van der Waals surface area contributed by atoms with E-state index in [-0.39, 0.29) is 18.6 Å². The van der Waals surface area contributed by atoms with Crippen LogP contribution >= 0.6 is 0 Å². The van der Waals surface area contributed by atoms with E-state index < -0.39 is 11.8 Å². The maximum Gasteiger partial charge on any atom is 0.329 e. The van der Waals surface area contributed by atoms with Crippen molar-refractivity contribution in [1.29, 1.82) is 0 Å². The van der Waals surface area contributed by atoms with Crippen LogP contribution in [0.3, 0.4) is 0 Å². The van der Waals surface area contributed by atoms with Gasteiger partial charge in [-0.15, -0.1) is 0 Å². The molecule has 0 spiro atoms. The molecule has 31 heavy (non-hydrogen) atoms. The lowest BCUT2D eigenvalue weighted by Gasteiger charge is -2.11. The number of amides is 3. The number of ether oxygens (including phenoxy) is 1. The normalized spacial score (nSPS) is 11.6. The summed E-state index contributed by atoms with van der Waals surface area (Å²) in [6.07, 6.45) is 2.07. The first-order chi connectivity index (χ1) is 14.8. The van der Waals surface area contributed by atoms with Gasteiger partial charge in [-0.25, -0.2) is 5.43 Å². The number of anilines is 1. The third-order valence-corrected chi connectivity index (χ3v) is 4.35. The zero-order valence-electron chi connectivity index (χ0n) is 18.2. The number of carbonyl (C=O) groups excluding carboxylic acids is 3. The summed E-state index contributed by atoms with van der Waals surface area (Å²) in [7, 11) is 0. The van der Waals surface area contributed by atoms with Crippen LogP contribution in [0.2, 0.25) is 0 Å². The molecule has 1 atom stereocenters. The fraction of sp³-hybridized carbons (Fsp3) is 0.304. The predicted molar refractivity (Wildman–Crippen MR) is 120 cm³/mol. The molecule has 0 saturated heterocycles. The van der Waals surface area contributed by atoms with Crippen molar-refractivity contribution >= 4 is 29.6 Å². The summed E-state index contributed by atoms with van der Waals surface area (Å²) in [4.78, 5) is 35.7. The molecule has 8 heteroatoms. The predicted octanol–water partition coefficient (Wildman–Crippen LogP) is 2.69. The van der Waals surface area contributed by atoms with Gasteiger partial charge in [-0.1, -0.05) is 25.1 Å². The maximum atomic E-state index is 12.2. The van der Waals surface area contributed by atoms with Crippen molar-refractivity contribution in [2.75, 3.05) is 11.9 Å². The molecule has 8 nitrogen and oxygen atoms in total. The van der Waals surface area contributed by atoms with E-state index in [0.717, 1.165) is 11.1 Å². The summed E-state index contributed by atoms with van der Waals surface area (Å²) in [5.41, 5.74) is 5.54. The van der Waals surface area contributed by atoms with Gasteiger partial charge >= 0.3 is 11.8 Å². The average Bonchev–Trinajstić information content (AvgIpc) is 2.72. The van der Waals surface area contributed by atoms with Crippen molar-refractivity contribution in [3.05, 3.63) is 59.2 Å². The van der Waals surface area contributed by atoms with Gasteiger partial charge in [-0.05, 0) is 62.6 Å². The largest absolute Gasteiger partial charge is 0.483 e. The Labute approximate surface area is 182 Å². The first-order valence-electron chi connectivity index (χ1n) is 10.0. The Morgan fingerprint density at radius 1 is 1.06 bits per heavy atom. The fourth-order valence-electron chi connectivity index (χ4n) is 2.71. The lowest BCUT2D eigenvalue weighted by molar-refractivity contribution is -0.139. The molecule has 0 heterocycles. The molecule has 0 radical (unpaired) electrons. The van der Waals surface area contributed by atoms with Crippen molar-refractivity contribution in [1.82, 2.24) is 10.7 Å². The van der Waals surface area contributed by atoms with E-state index in [9.17, 15) is 14.4 Å². The van der Waals surface area contributed by atoms with E-state index in [2.05, 4.69) is 21.2 Å². The number of nitrogens with one attached hydrogen (secondary N) is 3. The number of aryl methyl sites for hydroxylation is 2. The van der Waals surface area contributed by atoms with Gasteiger partial charge in [0.1, 0.15) is 5.75 Å². The number of rotatable bonds is 8. The number of carbonyl (C=O) groups is 3. The smallest absolute Gasteiger partial charge is 0.329 e. The average molecular weight is 425 g/mol. The van der Waals surface area contributed by atoms with E-state index in [1.54, 1.807) is 31.2 Å². The molecule has 0 aromatic heterocycles. The number of hydrazone groups is 1. The van der Waals surface area contributed by atoms with Crippen molar-refractivity contribution in [3.63, 3.8) is 0 Å². The minimum Gasteiger partial charge on any atom is -0.483 e. The molecular weight excluding hydrogens is 396 g/mol. The third-order valence-electron chi connectivity index (χ3n) is 4.35. The molecule has 0 fully saturated rings. The molecule has 2 rings (SSSR count). The van der Waals surface area contributed by atoms with Crippen LogP contribution in [0.25, 0.3) is 0 Å². The monoisotopic (exact) mass is 424 g/mol. The Morgan fingerprint density at radius 2 is 1.74 bits per heavy atom. The fourth-order valence-corrected chi connectivity index (χ4v) is 2.71. The highest BCUT2D eigenvalue weighted by Gasteiger charge is 2.14. The molecule has 2 aromatic rings. The highest BCUT2D eigenvalue weighted by atomic mass is 16.5. The highest BCUT2D eigenvalue weighted by molar-refractivity contribution is 6.35. The molecule has 0 aliphatic rings. The van der Waals surface area contributed by atoms with Crippen LogP contribution in [0.5, 0.6) is 5.75 Å². The van der Waals surface area contributed by atoms with Crippen LogP contribution in [0.15, 0.2) is 47.6 Å². The van der Waals surface area contributed by atoms with Crippen LogP contribution < -0.4 is 20.8 Å². The van der Waals surface area contributed by atoms with Crippen LogP contribution in [-0.4, -0.2) is 36.6 Å². The lowest BCUT2D eigenvalue weighted by atomic mass is 10.1. The SMILES string of the molecule is CC[C@H](C)NC(=O)C(=O)N/N=C\c1ccccc1OCC(=O)Nc1cc(C)cc(C)c1. The van der Waals surface area contributed by atoms with Gasteiger partial charge in [0.25, 0.3) is 5.91 Å². The van der Waals surface area contributed by atoms with Crippen LogP contribution in [0, 0.1) is 13.8 Å². The van der Waals surface area contributed by atoms with E-state index in [1.807, 2.05) is 39.0 Å². The summed E-state index contributed by atoms with van der Waals surface area (Å²) < 4.78 is 5.61. The highest BCUT2D eigenvalue weighted by Crippen LogP contribution is 2.17. The second kappa shape index (κ2) is 11.5. The van der Waals surface area contributed by atoms with Crippen LogP contribution in [0.4, 0.5) is 5.69 Å². The second-order valence-corrected chi connectivity index (χ2v) is 7.23. The first kappa shape index (κ1) is 23.6. The van der Waals surface area contributed by atoms with Gasteiger partial charge in [0.2, 0.25) is 0 Å². The van der Waals surface area contributed by atoms with Gasteiger partial charge in [0.05, 0.1) is 6.21 Å². The van der Waals surface area contributed by atoms with Gasteiger partial charge < -0.3 is 15.4 Å². The quantitative estimate of drug-likeness (QED) is 0.344. The number of hydrogen-bond donors (Lipinski definition) is 3. The molecule has 0 aliphatic heterocycles. The topological polar surface area (TPSA) is 109 Å². The molecule has 164 valence electrons. The van der Waals surface area contributed by atoms with Crippen molar-refractivity contribution in [2.45, 2.75) is 40.2 Å².